The molecular weight excluding hydrogens is 332 g/mol. The number of aryl methyl sites for hydroxylation is 1. The zero-order valence-electron chi connectivity index (χ0n) is 15.7. The van der Waals surface area contributed by atoms with Gasteiger partial charge in [0.05, 0.1) is 15.2 Å². The lowest BCUT2D eigenvalue weighted by molar-refractivity contribution is 0.229. The molecule has 25 heavy (non-hydrogen) atoms. The minimum Gasteiger partial charge on any atom is -0.338 e. The Hall–Kier alpha value is -1.66. The average molecular weight is 363 g/mol. The maximum absolute atomic E-state index is 12.1. The lowest BCUT2D eigenvalue weighted by atomic mass is 10.0. The fraction of sp³-hybridized carbons (Fsp3) is 0.579. The van der Waals surface area contributed by atoms with E-state index in [1.807, 2.05) is 32.3 Å². The first-order chi connectivity index (χ1) is 11.9. The molecule has 2 rings (SSSR count). The Morgan fingerprint density at radius 3 is 2.72 bits per heavy atom. The standard InChI is InChI=1S/C19H30N4OS/c1-14(2)12-15(13-23(3)4)21-19(24)20-11-7-10-18-22-16-8-5-6-9-17(16)25-18/h5-6,8-9,14-15H,7,10-13H2,1-4H3,(H2,20,21,24). The molecule has 0 saturated carbocycles. The van der Waals surface area contributed by atoms with Crippen molar-refractivity contribution in [1.29, 1.82) is 0 Å². The molecule has 1 atom stereocenters. The van der Waals surface area contributed by atoms with E-state index in [1.165, 1.54) is 4.70 Å². The molecule has 1 aromatic heterocycles. The number of likely N-dealkylation sites (N-methyl/N-ethyl adjacent to an activating group) is 1. The normalized spacial score (nSPS) is 12.7. The molecule has 0 spiro atoms. The number of carbonyl (C=O) groups excluding carboxylic acids is 1. The zero-order chi connectivity index (χ0) is 18.2. The summed E-state index contributed by atoms with van der Waals surface area (Å²) in [4.78, 5) is 18.9. The highest BCUT2D eigenvalue weighted by molar-refractivity contribution is 7.18. The third kappa shape index (κ3) is 7.00. The molecule has 2 aromatic rings. The van der Waals surface area contributed by atoms with Crippen molar-refractivity contribution in [3.63, 3.8) is 0 Å². The van der Waals surface area contributed by atoms with Crippen molar-refractivity contribution < 1.29 is 4.79 Å². The minimum absolute atomic E-state index is 0.0724. The van der Waals surface area contributed by atoms with Crippen molar-refractivity contribution in [1.82, 2.24) is 20.5 Å². The van der Waals surface area contributed by atoms with Gasteiger partial charge in [-0.1, -0.05) is 26.0 Å². The van der Waals surface area contributed by atoms with Gasteiger partial charge >= 0.3 is 6.03 Å². The highest BCUT2D eigenvalue weighted by atomic mass is 32.1. The number of amides is 2. The third-order valence-corrected chi connectivity index (χ3v) is 4.96. The van der Waals surface area contributed by atoms with E-state index in [0.29, 0.717) is 12.5 Å². The maximum Gasteiger partial charge on any atom is 0.315 e. The molecule has 2 N–H and O–H groups in total. The summed E-state index contributed by atoms with van der Waals surface area (Å²) in [5.74, 6) is 0.560. The number of para-hydroxylation sites is 1. The van der Waals surface area contributed by atoms with Crippen LogP contribution in [0.5, 0.6) is 0 Å². The number of fused-ring (bicyclic) bond motifs is 1. The summed E-state index contributed by atoms with van der Waals surface area (Å²) < 4.78 is 1.23. The Labute approximate surface area is 154 Å². The maximum atomic E-state index is 12.1. The van der Waals surface area contributed by atoms with Crippen LogP contribution in [-0.4, -0.2) is 49.1 Å². The second-order valence-electron chi connectivity index (χ2n) is 7.17. The summed E-state index contributed by atoms with van der Waals surface area (Å²) in [5, 5.41) is 7.20. The van der Waals surface area contributed by atoms with E-state index < -0.39 is 0 Å². The van der Waals surface area contributed by atoms with Gasteiger partial charge in [0, 0.05) is 25.6 Å². The zero-order valence-corrected chi connectivity index (χ0v) is 16.5. The Morgan fingerprint density at radius 1 is 1.28 bits per heavy atom. The van der Waals surface area contributed by atoms with Gasteiger partial charge in [-0.15, -0.1) is 11.3 Å². The van der Waals surface area contributed by atoms with Crippen LogP contribution < -0.4 is 10.6 Å². The molecule has 0 aliphatic rings. The fourth-order valence-electron chi connectivity index (χ4n) is 2.89. The first kappa shape index (κ1) is 19.7. The van der Waals surface area contributed by atoms with Crippen molar-refractivity contribution >= 4 is 27.6 Å². The van der Waals surface area contributed by atoms with E-state index in [-0.39, 0.29) is 12.1 Å². The van der Waals surface area contributed by atoms with Crippen LogP contribution in [0.15, 0.2) is 24.3 Å². The van der Waals surface area contributed by atoms with Crippen molar-refractivity contribution in [3.8, 4) is 0 Å². The van der Waals surface area contributed by atoms with Crippen LogP contribution in [-0.2, 0) is 6.42 Å². The minimum atomic E-state index is -0.0724. The van der Waals surface area contributed by atoms with E-state index in [2.05, 4.69) is 40.4 Å². The highest BCUT2D eigenvalue weighted by Gasteiger charge is 2.14. The monoisotopic (exact) mass is 362 g/mol. The van der Waals surface area contributed by atoms with Gasteiger partial charge in [0.2, 0.25) is 0 Å². The predicted molar refractivity (Wildman–Crippen MR) is 106 cm³/mol. The molecule has 0 saturated heterocycles. The third-order valence-electron chi connectivity index (χ3n) is 3.87. The average Bonchev–Trinajstić information content (AvgIpc) is 2.93. The molecule has 0 fully saturated rings. The van der Waals surface area contributed by atoms with Crippen LogP contribution in [0, 0.1) is 5.92 Å². The lowest BCUT2D eigenvalue weighted by Crippen LogP contribution is -2.47. The summed E-state index contributed by atoms with van der Waals surface area (Å²) in [6.07, 6.45) is 2.78. The van der Waals surface area contributed by atoms with Crippen molar-refractivity contribution in [3.05, 3.63) is 29.3 Å². The largest absolute Gasteiger partial charge is 0.338 e. The first-order valence-corrected chi connectivity index (χ1v) is 9.79. The molecule has 0 bridgehead atoms. The molecule has 0 radical (unpaired) electrons. The van der Waals surface area contributed by atoms with Crippen LogP contribution in [0.3, 0.4) is 0 Å². The van der Waals surface area contributed by atoms with Crippen LogP contribution >= 0.6 is 11.3 Å². The summed E-state index contributed by atoms with van der Waals surface area (Å²) in [6.45, 7) is 5.88. The van der Waals surface area contributed by atoms with E-state index in [9.17, 15) is 4.79 Å². The van der Waals surface area contributed by atoms with E-state index in [4.69, 9.17) is 0 Å². The molecule has 0 aliphatic carbocycles. The smallest absolute Gasteiger partial charge is 0.315 e. The molecule has 6 heteroatoms. The van der Waals surface area contributed by atoms with E-state index in [1.54, 1.807) is 11.3 Å². The number of nitrogens with zero attached hydrogens (tertiary/aromatic N) is 2. The van der Waals surface area contributed by atoms with E-state index >= 15 is 0 Å². The van der Waals surface area contributed by atoms with Gasteiger partial charge in [-0.05, 0) is 45.0 Å². The van der Waals surface area contributed by atoms with Gasteiger partial charge in [-0.25, -0.2) is 9.78 Å². The summed E-state index contributed by atoms with van der Waals surface area (Å²) in [5.41, 5.74) is 1.06. The molecular formula is C19H30N4OS. The molecule has 138 valence electrons. The number of nitrogens with one attached hydrogen (secondary N) is 2. The van der Waals surface area contributed by atoms with Crippen LogP contribution in [0.2, 0.25) is 0 Å². The number of hydrogen-bond acceptors (Lipinski definition) is 4. The Bertz CT molecular complexity index is 625. The molecule has 0 aliphatic heterocycles. The van der Waals surface area contributed by atoms with Gasteiger partial charge in [0.1, 0.15) is 0 Å². The second-order valence-corrected chi connectivity index (χ2v) is 8.28. The molecule has 1 aromatic carbocycles. The predicted octanol–water partition coefficient (Wildman–Crippen LogP) is 3.50. The quantitative estimate of drug-likeness (QED) is 0.671. The summed E-state index contributed by atoms with van der Waals surface area (Å²) in [7, 11) is 4.07. The molecule has 1 unspecified atom stereocenters. The number of thiazole rings is 1. The first-order valence-electron chi connectivity index (χ1n) is 8.97. The van der Waals surface area contributed by atoms with Crippen molar-refractivity contribution in [2.75, 3.05) is 27.2 Å². The van der Waals surface area contributed by atoms with Crippen LogP contribution in [0.25, 0.3) is 10.2 Å². The Morgan fingerprint density at radius 2 is 2.04 bits per heavy atom. The topological polar surface area (TPSA) is 57.3 Å². The fourth-order valence-corrected chi connectivity index (χ4v) is 3.90. The molecule has 5 nitrogen and oxygen atoms in total. The summed E-state index contributed by atoms with van der Waals surface area (Å²) in [6, 6.07) is 8.30. The van der Waals surface area contributed by atoms with Gasteiger partial charge in [0.25, 0.3) is 0 Å². The SMILES string of the molecule is CC(C)CC(CN(C)C)NC(=O)NCCCc1nc2ccccc2s1. The van der Waals surface area contributed by atoms with E-state index in [0.717, 1.165) is 36.3 Å². The Kier molecular flexibility index (Phi) is 7.65. The number of carbonyl (C=O) groups is 1. The van der Waals surface area contributed by atoms with Gasteiger partial charge in [0.15, 0.2) is 0 Å². The number of aromatic nitrogens is 1. The second kappa shape index (κ2) is 9.73. The van der Waals surface area contributed by atoms with Gasteiger partial charge < -0.3 is 15.5 Å². The number of hydrogen-bond donors (Lipinski definition) is 2. The van der Waals surface area contributed by atoms with Crippen LogP contribution in [0.4, 0.5) is 4.79 Å². The van der Waals surface area contributed by atoms with Crippen LogP contribution in [0.1, 0.15) is 31.7 Å². The highest BCUT2D eigenvalue weighted by Crippen LogP contribution is 2.22. The van der Waals surface area contributed by atoms with Crippen molar-refractivity contribution in [2.24, 2.45) is 5.92 Å². The van der Waals surface area contributed by atoms with Gasteiger partial charge in [-0.2, -0.15) is 0 Å². The number of rotatable bonds is 9. The molecule has 1 heterocycles. The summed E-state index contributed by atoms with van der Waals surface area (Å²) >= 11 is 1.74. The molecule has 2 amide bonds. The van der Waals surface area contributed by atoms with Crippen molar-refractivity contribution in [2.45, 2.75) is 39.2 Å². The lowest BCUT2D eigenvalue weighted by Gasteiger charge is -2.24. The van der Waals surface area contributed by atoms with Gasteiger partial charge in [-0.3, -0.25) is 0 Å². The number of urea groups is 1. The Balaban J connectivity index is 1.71. The number of benzene rings is 1.